The molecule has 178 valence electrons. The number of Topliss-reactive ketones (excluding diaryl/α,β-unsaturated/α-hetero) is 1. The highest BCUT2D eigenvalue weighted by Gasteiger charge is 2.42. The van der Waals surface area contributed by atoms with Crippen LogP contribution in [-0.4, -0.2) is 44.5 Å². The molecule has 3 atom stereocenters. The number of carbonyl (C=O) groups is 2. The fourth-order valence-corrected chi connectivity index (χ4v) is 7.10. The van der Waals surface area contributed by atoms with Gasteiger partial charge in [-0.2, -0.15) is 0 Å². The Morgan fingerprint density at radius 3 is 1.94 bits per heavy atom. The van der Waals surface area contributed by atoms with Crippen LogP contribution in [0.2, 0.25) is 0 Å². The van der Waals surface area contributed by atoms with Crippen LogP contribution in [0.5, 0.6) is 0 Å². The fourth-order valence-electron chi connectivity index (χ4n) is 7.10. The van der Waals surface area contributed by atoms with E-state index in [0.29, 0.717) is 23.7 Å². The number of rotatable bonds is 4. The molecule has 3 fully saturated rings. The Balaban J connectivity index is 1.40. The van der Waals surface area contributed by atoms with E-state index >= 15 is 0 Å². The van der Waals surface area contributed by atoms with Crippen molar-refractivity contribution >= 4 is 22.7 Å². The first-order chi connectivity index (χ1) is 16.1. The van der Waals surface area contributed by atoms with Crippen molar-refractivity contribution in [2.75, 3.05) is 0 Å². The maximum absolute atomic E-state index is 12.4. The molecule has 3 aliphatic rings. The van der Waals surface area contributed by atoms with Gasteiger partial charge in [-0.25, -0.2) is 4.79 Å². The van der Waals surface area contributed by atoms with Crippen LogP contribution < -0.4 is 0 Å². The Hall–Kier alpha value is -2.14. The number of hydrogen-bond donors (Lipinski definition) is 1. The Kier molecular flexibility index (Phi) is 6.86. The number of carboxylic acids is 1. The molecule has 5 rings (SSSR count). The first-order valence-corrected chi connectivity index (χ1v) is 13.3. The van der Waals surface area contributed by atoms with Crippen molar-refractivity contribution in [1.29, 1.82) is 0 Å². The number of aromatic nitrogens is 1. The molecule has 0 unspecified atom stereocenters. The van der Waals surface area contributed by atoms with Gasteiger partial charge >= 0.3 is 5.97 Å². The summed E-state index contributed by atoms with van der Waals surface area (Å²) in [6, 6.07) is 10.1. The van der Waals surface area contributed by atoms with Crippen LogP contribution >= 0.6 is 0 Å². The predicted molar refractivity (Wildman–Crippen MR) is 131 cm³/mol. The zero-order valence-electron chi connectivity index (χ0n) is 19.8. The van der Waals surface area contributed by atoms with E-state index in [-0.39, 0.29) is 0 Å². The molecule has 0 spiro atoms. The van der Waals surface area contributed by atoms with E-state index in [2.05, 4.69) is 9.47 Å². The minimum atomic E-state index is -1.37. The number of nitrogens with zero attached hydrogens (tertiary/aromatic N) is 2. The van der Waals surface area contributed by atoms with Crippen molar-refractivity contribution in [3.8, 4) is 0 Å². The van der Waals surface area contributed by atoms with Crippen molar-refractivity contribution in [3.63, 3.8) is 0 Å². The van der Waals surface area contributed by atoms with Gasteiger partial charge in [-0.3, -0.25) is 9.69 Å². The number of ketones is 1. The number of para-hydroxylation sites is 1. The van der Waals surface area contributed by atoms with Gasteiger partial charge in [-0.1, -0.05) is 69.6 Å². The number of piperidine rings is 2. The second-order valence-electron chi connectivity index (χ2n) is 10.6. The lowest BCUT2D eigenvalue weighted by Gasteiger charge is -2.53. The van der Waals surface area contributed by atoms with Crippen LogP contribution in [0.15, 0.2) is 30.5 Å². The van der Waals surface area contributed by atoms with E-state index in [0.717, 1.165) is 29.8 Å². The Morgan fingerprint density at radius 1 is 0.727 bits per heavy atom. The lowest BCUT2D eigenvalue weighted by Crippen LogP contribution is -2.56. The smallest absolute Gasteiger partial charge is 0.377 e. The van der Waals surface area contributed by atoms with Gasteiger partial charge < -0.3 is 9.67 Å². The number of benzene rings is 1. The molecule has 2 saturated heterocycles. The van der Waals surface area contributed by atoms with Crippen molar-refractivity contribution in [1.82, 2.24) is 9.47 Å². The molecule has 5 nitrogen and oxygen atoms in total. The molecule has 1 aliphatic carbocycles. The van der Waals surface area contributed by atoms with Gasteiger partial charge in [0.05, 0.1) is 5.56 Å². The third-order valence-corrected chi connectivity index (χ3v) is 8.58. The largest absolute Gasteiger partial charge is 0.475 e. The van der Waals surface area contributed by atoms with Crippen LogP contribution in [0.25, 0.3) is 10.9 Å². The highest BCUT2D eigenvalue weighted by Crippen LogP contribution is 2.43. The molecular weight excluding hydrogens is 412 g/mol. The van der Waals surface area contributed by atoms with Crippen molar-refractivity contribution in [3.05, 3.63) is 36.0 Å². The number of hydrogen-bond acceptors (Lipinski definition) is 3. The molecule has 3 heterocycles. The fraction of sp³-hybridized carbons (Fsp3) is 0.643. The van der Waals surface area contributed by atoms with E-state index in [1.807, 2.05) is 30.5 Å². The quantitative estimate of drug-likeness (QED) is 0.435. The second kappa shape index (κ2) is 10.0. The minimum Gasteiger partial charge on any atom is -0.475 e. The van der Waals surface area contributed by atoms with E-state index in [9.17, 15) is 14.7 Å². The second-order valence-corrected chi connectivity index (χ2v) is 10.6. The van der Waals surface area contributed by atoms with Crippen LogP contribution in [0, 0.1) is 0 Å². The van der Waals surface area contributed by atoms with Crippen LogP contribution in [0.4, 0.5) is 0 Å². The third-order valence-electron chi connectivity index (χ3n) is 8.58. The summed E-state index contributed by atoms with van der Waals surface area (Å²) in [5.74, 6) is -2.18. The summed E-state index contributed by atoms with van der Waals surface area (Å²) in [6.45, 7) is 0. The number of carboxylic acid groups (broad SMARTS) is 1. The van der Waals surface area contributed by atoms with Crippen LogP contribution in [0.3, 0.4) is 0 Å². The van der Waals surface area contributed by atoms with Crippen molar-refractivity contribution in [2.24, 2.45) is 0 Å². The van der Waals surface area contributed by atoms with E-state index < -0.39 is 11.8 Å². The molecule has 2 aromatic rings. The van der Waals surface area contributed by atoms with Gasteiger partial charge in [0.2, 0.25) is 0 Å². The third kappa shape index (κ3) is 4.62. The molecule has 1 aromatic carbocycles. The molecule has 2 bridgehead atoms. The molecule has 33 heavy (non-hydrogen) atoms. The minimum absolute atomic E-state index is 0.330. The molecule has 0 amide bonds. The lowest BCUT2D eigenvalue weighted by molar-refractivity contribution is -0.131. The number of fused-ring (bicyclic) bond motifs is 3. The number of carbonyl (C=O) groups excluding carboxylic acids is 1. The highest BCUT2D eigenvalue weighted by molar-refractivity contribution is 6.42. The zero-order valence-corrected chi connectivity index (χ0v) is 19.8. The molecular formula is C28H38N2O3. The summed E-state index contributed by atoms with van der Waals surface area (Å²) < 4.78 is 2.24. The summed E-state index contributed by atoms with van der Waals surface area (Å²) in [6.07, 6.45) is 20.3. The Bertz CT molecular complexity index is 972. The van der Waals surface area contributed by atoms with E-state index in [4.69, 9.17) is 0 Å². The maximum atomic E-state index is 12.4. The van der Waals surface area contributed by atoms with Gasteiger partial charge in [0.1, 0.15) is 0 Å². The highest BCUT2D eigenvalue weighted by atomic mass is 16.4. The average Bonchev–Trinajstić information content (AvgIpc) is 3.21. The molecule has 2 aliphatic heterocycles. The zero-order chi connectivity index (χ0) is 22.8. The molecule has 0 radical (unpaired) electrons. The SMILES string of the molecule is O=C(O)C(=O)c1cn([C@H]2C[C@H]3CCC[C@@H](C2)N3C2CCCCCCCCC2)c2ccccc12. The van der Waals surface area contributed by atoms with Gasteiger partial charge in [-0.15, -0.1) is 0 Å². The van der Waals surface area contributed by atoms with Crippen LogP contribution in [0.1, 0.15) is 106 Å². The van der Waals surface area contributed by atoms with Gasteiger partial charge in [0.15, 0.2) is 0 Å². The van der Waals surface area contributed by atoms with Gasteiger partial charge in [0.25, 0.3) is 5.78 Å². The van der Waals surface area contributed by atoms with Gasteiger partial charge in [-0.05, 0) is 44.6 Å². The summed E-state index contributed by atoms with van der Waals surface area (Å²) in [5.41, 5.74) is 1.33. The molecule has 5 heteroatoms. The van der Waals surface area contributed by atoms with Gasteiger partial charge in [0, 0.05) is 41.3 Å². The first kappa shape index (κ1) is 22.6. The summed E-state index contributed by atoms with van der Waals surface area (Å²) in [4.78, 5) is 26.8. The normalized spacial score (nSPS) is 27.9. The number of aliphatic carboxylic acids is 1. The maximum Gasteiger partial charge on any atom is 0.377 e. The van der Waals surface area contributed by atoms with E-state index in [1.54, 1.807) is 0 Å². The lowest BCUT2D eigenvalue weighted by atomic mass is 9.79. The van der Waals surface area contributed by atoms with Crippen molar-refractivity contribution < 1.29 is 14.7 Å². The average molecular weight is 451 g/mol. The van der Waals surface area contributed by atoms with Crippen LogP contribution in [-0.2, 0) is 4.79 Å². The Morgan fingerprint density at radius 2 is 1.30 bits per heavy atom. The summed E-state index contributed by atoms with van der Waals surface area (Å²) in [7, 11) is 0. The Labute approximate surface area is 197 Å². The standard InChI is InChI=1S/C28H38N2O3/c31-27(28(32)33)25-19-29(26-16-9-8-15-24(25)26)23-17-21-13-10-14-22(18-23)30(21)20-11-6-4-2-1-3-5-7-12-20/h8-9,15-16,19-23H,1-7,10-14,17-18H2,(H,32,33)/t21-,22+,23+. The summed E-state index contributed by atoms with van der Waals surface area (Å²) >= 11 is 0. The molecule has 1 aromatic heterocycles. The first-order valence-electron chi connectivity index (χ1n) is 13.3. The summed E-state index contributed by atoms with van der Waals surface area (Å²) in [5, 5.41) is 10.1. The monoisotopic (exact) mass is 450 g/mol. The predicted octanol–water partition coefficient (Wildman–Crippen LogP) is 6.36. The van der Waals surface area contributed by atoms with E-state index in [1.165, 1.54) is 77.0 Å². The topological polar surface area (TPSA) is 62.5 Å². The van der Waals surface area contributed by atoms with Crippen molar-refractivity contribution in [2.45, 2.75) is 114 Å². The molecule has 1 saturated carbocycles. The molecule has 1 N–H and O–H groups in total.